The zero-order valence-corrected chi connectivity index (χ0v) is 11.0. The Kier molecular flexibility index (Phi) is 2.82. The van der Waals surface area contributed by atoms with Gasteiger partial charge in [0.2, 0.25) is 11.6 Å². The molecule has 0 bridgehead atoms. The molecule has 1 heterocycles. The average Bonchev–Trinajstić information content (AvgIpc) is 2.71. The van der Waals surface area contributed by atoms with Crippen LogP contribution in [0.25, 0.3) is 0 Å². The minimum atomic E-state index is -2.83. The fourth-order valence-corrected chi connectivity index (χ4v) is 2.23. The highest BCUT2D eigenvalue weighted by molar-refractivity contribution is 6.24. The summed E-state index contributed by atoms with van der Waals surface area (Å²) in [7, 11) is 0. The van der Waals surface area contributed by atoms with Crippen molar-refractivity contribution in [2.24, 2.45) is 0 Å². The molecule has 22 heavy (non-hydrogen) atoms. The second-order valence-electron chi connectivity index (χ2n) is 4.79. The summed E-state index contributed by atoms with van der Waals surface area (Å²) in [5.41, 5.74) is -0.447. The summed E-state index contributed by atoms with van der Waals surface area (Å²) in [5.74, 6) is -6.37. The number of aromatic hydroxyl groups is 3. The quantitative estimate of drug-likeness (QED) is 0.481. The van der Waals surface area contributed by atoms with E-state index in [1.807, 2.05) is 0 Å². The van der Waals surface area contributed by atoms with Gasteiger partial charge in [-0.3, -0.25) is 9.59 Å². The van der Waals surface area contributed by atoms with E-state index in [9.17, 15) is 30.0 Å². The summed E-state index contributed by atoms with van der Waals surface area (Å²) in [6.07, 6.45) is 0. The Labute approximate surface area is 123 Å². The molecule has 112 valence electrons. The molecule has 0 saturated carbocycles. The second kappa shape index (κ2) is 4.47. The molecule has 1 unspecified atom stereocenters. The van der Waals surface area contributed by atoms with Crippen molar-refractivity contribution >= 4 is 11.6 Å². The molecule has 2 aromatic carbocycles. The maximum absolute atomic E-state index is 12.3. The van der Waals surface area contributed by atoms with Crippen LogP contribution in [0.5, 0.6) is 23.0 Å². The van der Waals surface area contributed by atoms with Gasteiger partial charge in [-0.05, 0) is 24.3 Å². The van der Waals surface area contributed by atoms with Crippen LogP contribution < -0.4 is 4.74 Å². The van der Waals surface area contributed by atoms with Gasteiger partial charge in [-0.25, -0.2) is 0 Å². The summed E-state index contributed by atoms with van der Waals surface area (Å²) in [4.78, 5) is 24.6. The molecule has 0 aromatic heterocycles. The zero-order valence-electron chi connectivity index (χ0n) is 11.0. The number of phenols is 3. The van der Waals surface area contributed by atoms with Crippen molar-refractivity contribution in [3.05, 3.63) is 47.5 Å². The molecule has 7 nitrogen and oxygen atoms in total. The molecule has 0 saturated heterocycles. The molecule has 1 aliphatic rings. The van der Waals surface area contributed by atoms with Crippen LogP contribution in [0.15, 0.2) is 36.4 Å². The number of hydrogen-bond acceptors (Lipinski definition) is 7. The van der Waals surface area contributed by atoms with E-state index in [-0.39, 0.29) is 28.4 Å². The van der Waals surface area contributed by atoms with Gasteiger partial charge >= 0.3 is 5.79 Å². The van der Waals surface area contributed by atoms with Crippen LogP contribution in [0, 0.1) is 0 Å². The first-order chi connectivity index (χ1) is 10.3. The van der Waals surface area contributed by atoms with Gasteiger partial charge in [0.05, 0.1) is 0 Å². The van der Waals surface area contributed by atoms with E-state index >= 15 is 0 Å². The van der Waals surface area contributed by atoms with Crippen LogP contribution in [0.2, 0.25) is 0 Å². The van der Waals surface area contributed by atoms with Gasteiger partial charge in [-0.15, -0.1) is 0 Å². The normalized spacial score (nSPS) is 19.6. The number of phenolic OH excluding ortho intramolecular Hbond substituents is 3. The Morgan fingerprint density at radius 3 is 2.27 bits per heavy atom. The summed E-state index contributed by atoms with van der Waals surface area (Å²) in [5, 5.41) is 38.6. The smallest absolute Gasteiger partial charge is 0.339 e. The molecule has 0 amide bonds. The lowest BCUT2D eigenvalue weighted by molar-refractivity contribution is -0.0619. The van der Waals surface area contributed by atoms with Gasteiger partial charge < -0.3 is 25.2 Å². The third kappa shape index (κ3) is 1.87. The lowest BCUT2D eigenvalue weighted by Crippen LogP contribution is -2.48. The third-order valence-corrected chi connectivity index (χ3v) is 3.30. The van der Waals surface area contributed by atoms with Crippen LogP contribution in [-0.2, 0) is 0 Å². The van der Waals surface area contributed by atoms with Crippen LogP contribution in [-0.4, -0.2) is 37.8 Å². The first kappa shape index (κ1) is 13.9. The Balaban J connectivity index is 2.05. The van der Waals surface area contributed by atoms with E-state index < -0.39 is 23.1 Å². The minimum Gasteiger partial charge on any atom is -0.508 e. The average molecular weight is 302 g/mol. The maximum Gasteiger partial charge on any atom is 0.339 e. The third-order valence-electron chi connectivity index (χ3n) is 3.30. The molecule has 0 fully saturated rings. The van der Waals surface area contributed by atoms with E-state index in [0.717, 1.165) is 12.1 Å². The number of ether oxygens (including phenoxy) is 1. The number of carbonyl (C=O) groups is 2. The molecule has 0 radical (unpaired) electrons. The van der Waals surface area contributed by atoms with Crippen molar-refractivity contribution in [3.8, 4) is 23.0 Å². The number of aliphatic hydroxyl groups is 1. The van der Waals surface area contributed by atoms with Crippen LogP contribution in [0.1, 0.15) is 20.7 Å². The Hall–Kier alpha value is -3.06. The molecule has 4 N–H and O–H groups in total. The summed E-state index contributed by atoms with van der Waals surface area (Å²) >= 11 is 0. The van der Waals surface area contributed by atoms with Gasteiger partial charge in [0.25, 0.3) is 0 Å². The number of ketones is 2. The number of benzene rings is 2. The largest absolute Gasteiger partial charge is 0.508 e. The monoisotopic (exact) mass is 302 g/mol. The van der Waals surface area contributed by atoms with E-state index in [1.54, 1.807) is 0 Å². The number of rotatable bonds is 2. The molecular formula is C15H10O7. The zero-order chi connectivity index (χ0) is 16.1. The van der Waals surface area contributed by atoms with E-state index in [1.165, 1.54) is 24.3 Å². The molecule has 0 aliphatic carbocycles. The minimum absolute atomic E-state index is 0.0647. The Bertz CT molecular complexity index is 794. The number of fused-ring (bicyclic) bond motifs is 1. The van der Waals surface area contributed by atoms with Crippen LogP contribution >= 0.6 is 0 Å². The fraction of sp³-hybridized carbons (Fsp3) is 0.0667. The summed E-state index contributed by atoms with van der Waals surface area (Å²) in [6, 6.07) is 6.77. The van der Waals surface area contributed by atoms with Crippen LogP contribution in [0.3, 0.4) is 0 Å². The topological polar surface area (TPSA) is 124 Å². The maximum atomic E-state index is 12.3. The molecule has 7 heteroatoms. The summed E-state index contributed by atoms with van der Waals surface area (Å²) < 4.78 is 4.99. The van der Waals surface area contributed by atoms with E-state index in [0.29, 0.717) is 0 Å². The highest BCUT2D eigenvalue weighted by Gasteiger charge is 2.54. The first-order valence-corrected chi connectivity index (χ1v) is 6.19. The predicted octanol–water partition coefficient (Wildman–Crippen LogP) is 0.950. The highest BCUT2D eigenvalue weighted by atomic mass is 16.6. The standard InChI is InChI=1S/C15H10O7/c16-8-3-1-7(2-4-8)13(19)15(21)14(20)12-10(18)5-9(17)6-11(12)22-15/h1-6,16-18,21H. The van der Waals surface area contributed by atoms with Gasteiger partial charge in [0, 0.05) is 17.7 Å². The van der Waals surface area contributed by atoms with E-state index in [4.69, 9.17) is 4.74 Å². The number of carbonyl (C=O) groups excluding carboxylic acids is 2. The molecule has 1 aliphatic heterocycles. The lowest BCUT2D eigenvalue weighted by Gasteiger charge is -2.18. The SMILES string of the molecule is O=C(c1ccc(O)cc1)C1(O)Oc2cc(O)cc(O)c2C1=O. The lowest BCUT2D eigenvalue weighted by atomic mass is 9.97. The van der Waals surface area contributed by atoms with Crippen molar-refractivity contribution < 1.29 is 34.8 Å². The summed E-state index contributed by atoms with van der Waals surface area (Å²) in [6.45, 7) is 0. The van der Waals surface area contributed by atoms with Crippen LogP contribution in [0.4, 0.5) is 0 Å². The van der Waals surface area contributed by atoms with Crippen molar-refractivity contribution in [2.45, 2.75) is 5.79 Å². The van der Waals surface area contributed by atoms with Crippen molar-refractivity contribution in [3.63, 3.8) is 0 Å². The molecule has 0 spiro atoms. The second-order valence-corrected chi connectivity index (χ2v) is 4.79. The van der Waals surface area contributed by atoms with Gasteiger partial charge in [-0.2, -0.15) is 0 Å². The van der Waals surface area contributed by atoms with Gasteiger partial charge in [-0.1, -0.05) is 0 Å². The fourth-order valence-electron chi connectivity index (χ4n) is 2.23. The predicted molar refractivity (Wildman–Crippen MR) is 72.1 cm³/mol. The molecular weight excluding hydrogens is 292 g/mol. The number of Topliss-reactive ketones (excluding diaryl/α,β-unsaturated/α-hetero) is 2. The van der Waals surface area contributed by atoms with Gasteiger partial charge in [0.15, 0.2) is 0 Å². The van der Waals surface area contributed by atoms with Crippen molar-refractivity contribution in [1.82, 2.24) is 0 Å². The van der Waals surface area contributed by atoms with Crippen molar-refractivity contribution in [1.29, 1.82) is 0 Å². The Morgan fingerprint density at radius 1 is 1.00 bits per heavy atom. The molecule has 1 atom stereocenters. The van der Waals surface area contributed by atoms with E-state index in [2.05, 4.69) is 0 Å². The highest BCUT2D eigenvalue weighted by Crippen LogP contribution is 2.42. The van der Waals surface area contributed by atoms with Gasteiger partial charge in [0.1, 0.15) is 28.6 Å². The Morgan fingerprint density at radius 2 is 1.64 bits per heavy atom. The molecule has 2 aromatic rings. The first-order valence-electron chi connectivity index (χ1n) is 6.19. The molecule has 3 rings (SSSR count). The number of hydrogen-bond donors (Lipinski definition) is 4. The van der Waals surface area contributed by atoms with Crippen molar-refractivity contribution in [2.75, 3.05) is 0 Å².